The van der Waals surface area contributed by atoms with Gasteiger partial charge in [0.25, 0.3) is 11.5 Å². The summed E-state index contributed by atoms with van der Waals surface area (Å²) in [6.45, 7) is 6.61. The third-order valence-corrected chi connectivity index (χ3v) is 13.9. The van der Waals surface area contributed by atoms with E-state index in [2.05, 4.69) is 14.9 Å². The minimum Gasteiger partial charge on any atom is -0.491 e. The molecule has 15 nitrogen and oxygen atoms in total. The number of ether oxygens (including phenoxy) is 4. The second-order valence-corrected chi connectivity index (χ2v) is 17.7. The summed E-state index contributed by atoms with van der Waals surface area (Å²) in [4.78, 5) is 44.9. The molecule has 0 spiro atoms. The van der Waals surface area contributed by atoms with Crippen molar-refractivity contribution in [2.24, 2.45) is 0 Å². The summed E-state index contributed by atoms with van der Waals surface area (Å²) >= 11 is 1.17. The van der Waals surface area contributed by atoms with Gasteiger partial charge in [-0.15, -0.1) is 4.80 Å². The number of methoxy groups -OCH3 is 1. The molecule has 2 unspecified atom stereocenters. The number of carbonyl (C=O) groups is 1. The summed E-state index contributed by atoms with van der Waals surface area (Å²) in [5.41, 5.74) is -2.26. The Kier molecular flexibility index (Phi) is 9.69. The van der Waals surface area contributed by atoms with Crippen LogP contribution >= 0.6 is 11.3 Å². The zero-order valence-electron chi connectivity index (χ0n) is 29.9. The number of thiophene rings is 1. The van der Waals surface area contributed by atoms with Gasteiger partial charge in [0.15, 0.2) is 0 Å². The molecule has 3 fully saturated rings. The molecule has 3 aliphatic rings. The van der Waals surface area contributed by atoms with E-state index in [9.17, 15) is 22.8 Å². The fourth-order valence-electron chi connectivity index (χ4n) is 7.06. The lowest BCUT2D eigenvalue weighted by atomic mass is 10.0. The van der Waals surface area contributed by atoms with Crippen LogP contribution in [0.4, 0.5) is 0 Å². The van der Waals surface area contributed by atoms with Gasteiger partial charge < -0.3 is 18.9 Å². The Morgan fingerprint density at radius 3 is 2.44 bits per heavy atom. The van der Waals surface area contributed by atoms with Crippen molar-refractivity contribution < 1.29 is 32.2 Å². The molecule has 3 aromatic heterocycles. The lowest BCUT2D eigenvalue weighted by Crippen LogP contribution is -2.57. The Balaban J connectivity index is 1.38. The highest BCUT2D eigenvalue weighted by atomic mass is 32.2. The summed E-state index contributed by atoms with van der Waals surface area (Å²) in [6, 6.07) is 7.44. The molecule has 7 rings (SSSR count). The summed E-state index contributed by atoms with van der Waals surface area (Å²) in [5.74, 6) is -0.436. The number of aromatic nitrogens is 5. The van der Waals surface area contributed by atoms with Crippen molar-refractivity contribution in [3.8, 4) is 10.8 Å². The summed E-state index contributed by atoms with van der Waals surface area (Å²) in [6.07, 6.45) is 6.39. The number of sulfonamides is 1. The maximum Gasteiger partial charge on any atom is 0.333 e. The van der Waals surface area contributed by atoms with Gasteiger partial charge in [-0.2, -0.15) is 10.2 Å². The fraction of sp³-hybridized carbons (Fsp3) is 0.571. The van der Waals surface area contributed by atoms with E-state index in [0.29, 0.717) is 59.0 Å². The minimum atomic E-state index is -4.07. The highest BCUT2D eigenvalue weighted by Gasteiger charge is 2.52. The SMILES string of the molecule is COCCOc1ccccc1C(Cn1c(=O)n(C(C)(C)C(=O)NS(=O)(=O)C2(C)CC2)c(=O)c2c(C)c(-n3nccn3)sc21)OC1C[C@H]2CC[C@@H](C1)O2. The molecule has 0 radical (unpaired) electrons. The second-order valence-electron chi connectivity index (χ2n) is 14.6. The molecule has 5 heterocycles. The van der Waals surface area contributed by atoms with E-state index in [-0.39, 0.29) is 36.8 Å². The highest BCUT2D eigenvalue weighted by molar-refractivity contribution is 7.91. The van der Waals surface area contributed by atoms with Crippen molar-refractivity contribution in [3.05, 3.63) is 68.6 Å². The van der Waals surface area contributed by atoms with E-state index in [4.69, 9.17) is 18.9 Å². The van der Waals surface area contributed by atoms with E-state index in [1.54, 1.807) is 21.0 Å². The third-order valence-electron chi connectivity index (χ3n) is 10.5. The predicted octanol–water partition coefficient (Wildman–Crippen LogP) is 3.34. The van der Waals surface area contributed by atoms with E-state index in [0.717, 1.165) is 17.4 Å². The summed E-state index contributed by atoms with van der Waals surface area (Å²) in [5, 5.41) is 9.24. The molecule has 17 heteroatoms. The minimum absolute atomic E-state index is 0.0625. The normalized spacial score (nSPS) is 21.7. The second kappa shape index (κ2) is 13.8. The maximum atomic E-state index is 14.8. The summed E-state index contributed by atoms with van der Waals surface area (Å²) in [7, 11) is -2.48. The van der Waals surface area contributed by atoms with Crippen LogP contribution in [-0.2, 0) is 41.1 Å². The number of hydrogen-bond acceptors (Lipinski definition) is 12. The van der Waals surface area contributed by atoms with Crippen LogP contribution in [-0.4, -0.2) is 81.8 Å². The Morgan fingerprint density at radius 2 is 1.79 bits per heavy atom. The number of hydrogen-bond donors (Lipinski definition) is 1. The lowest BCUT2D eigenvalue weighted by molar-refractivity contribution is -0.126. The molecule has 1 N–H and O–H groups in total. The van der Waals surface area contributed by atoms with Gasteiger partial charge >= 0.3 is 5.69 Å². The van der Waals surface area contributed by atoms with E-state index < -0.39 is 43.6 Å². The van der Waals surface area contributed by atoms with Crippen molar-refractivity contribution >= 4 is 37.5 Å². The molecule has 4 atom stereocenters. The van der Waals surface area contributed by atoms with Gasteiger partial charge in [0, 0.05) is 18.2 Å². The molecule has 1 saturated carbocycles. The van der Waals surface area contributed by atoms with Crippen LogP contribution < -0.4 is 20.7 Å². The summed E-state index contributed by atoms with van der Waals surface area (Å²) < 4.78 is 54.0. The molecule has 2 saturated heterocycles. The third kappa shape index (κ3) is 6.61. The van der Waals surface area contributed by atoms with Gasteiger partial charge in [-0.1, -0.05) is 29.5 Å². The van der Waals surface area contributed by atoms with Crippen LogP contribution in [0.1, 0.15) is 76.5 Å². The van der Waals surface area contributed by atoms with Gasteiger partial charge in [0.1, 0.15) is 33.8 Å². The van der Waals surface area contributed by atoms with Crippen molar-refractivity contribution in [1.29, 1.82) is 0 Å². The van der Waals surface area contributed by atoms with Gasteiger partial charge in [-0.05, 0) is 72.3 Å². The van der Waals surface area contributed by atoms with Gasteiger partial charge in [0.2, 0.25) is 10.0 Å². The molecule has 4 aromatic rings. The number of aryl methyl sites for hydroxylation is 1. The standard InChI is InChI=1S/C35H44N6O9S2/c1-21-28-29(42)40(34(2,3)32(43)38-52(45,46)35(4)12-13-35)33(44)39(31(28)51-30(21)41-36-14-15-37-41)20-27(50-24-18-22-10-11-23(19-24)49-22)25-8-6-7-9-26(25)48-17-16-47-5/h6-9,14-15,22-24,27H,10-13,16-20H2,1-5H3,(H,38,43)/t22-,23+,24?,27?. The Morgan fingerprint density at radius 1 is 1.12 bits per heavy atom. The number of nitrogens with zero attached hydrogens (tertiary/aromatic N) is 5. The largest absolute Gasteiger partial charge is 0.491 e. The number of amides is 1. The lowest BCUT2D eigenvalue weighted by Gasteiger charge is -2.33. The zero-order chi connectivity index (χ0) is 37.0. The number of para-hydroxylation sites is 1. The van der Waals surface area contributed by atoms with Crippen molar-refractivity contribution in [2.45, 2.75) is 107 Å². The topological polar surface area (TPSA) is 175 Å². The Hall–Kier alpha value is -3.90. The first-order chi connectivity index (χ1) is 24.7. The van der Waals surface area contributed by atoms with Crippen LogP contribution in [0.5, 0.6) is 5.75 Å². The van der Waals surface area contributed by atoms with Gasteiger partial charge in [-0.3, -0.25) is 18.9 Å². The molecular formula is C35H44N6O9S2. The molecule has 52 heavy (non-hydrogen) atoms. The van der Waals surface area contributed by atoms with E-state index in [1.165, 1.54) is 46.9 Å². The molecule has 1 aromatic carbocycles. The van der Waals surface area contributed by atoms with Crippen LogP contribution in [0.2, 0.25) is 0 Å². The molecule has 1 amide bonds. The van der Waals surface area contributed by atoms with Crippen LogP contribution in [0.25, 0.3) is 15.2 Å². The Bertz CT molecular complexity index is 2190. The first kappa shape index (κ1) is 36.5. The fourth-order valence-corrected chi connectivity index (χ4v) is 9.66. The molecule has 2 bridgehead atoms. The Labute approximate surface area is 304 Å². The average molecular weight is 757 g/mol. The van der Waals surface area contributed by atoms with Gasteiger partial charge in [-0.25, -0.2) is 17.8 Å². The smallest absolute Gasteiger partial charge is 0.333 e. The number of nitrogens with one attached hydrogen (secondary N) is 1. The number of benzene rings is 1. The van der Waals surface area contributed by atoms with Crippen molar-refractivity contribution in [1.82, 2.24) is 28.9 Å². The van der Waals surface area contributed by atoms with Gasteiger partial charge in [0.05, 0.1) is 54.0 Å². The molecule has 280 valence electrons. The maximum absolute atomic E-state index is 14.8. The van der Waals surface area contributed by atoms with Crippen molar-refractivity contribution in [3.63, 3.8) is 0 Å². The number of rotatable bonds is 14. The van der Waals surface area contributed by atoms with Crippen LogP contribution in [0.3, 0.4) is 0 Å². The van der Waals surface area contributed by atoms with Crippen LogP contribution in [0, 0.1) is 6.92 Å². The molecule has 2 aliphatic heterocycles. The first-order valence-corrected chi connectivity index (χ1v) is 19.8. The number of fused-ring (bicyclic) bond motifs is 3. The first-order valence-electron chi connectivity index (χ1n) is 17.5. The number of carbonyl (C=O) groups excluding carboxylic acids is 1. The molecular weight excluding hydrogens is 713 g/mol. The molecule has 1 aliphatic carbocycles. The monoisotopic (exact) mass is 756 g/mol. The average Bonchev–Trinajstić information content (AvgIpc) is 3.38. The van der Waals surface area contributed by atoms with E-state index >= 15 is 0 Å². The quantitative estimate of drug-likeness (QED) is 0.187. The predicted molar refractivity (Wildman–Crippen MR) is 193 cm³/mol. The highest BCUT2D eigenvalue weighted by Crippen LogP contribution is 2.43. The van der Waals surface area contributed by atoms with Crippen molar-refractivity contribution in [2.75, 3.05) is 20.3 Å². The zero-order valence-corrected chi connectivity index (χ0v) is 31.5. The van der Waals surface area contributed by atoms with E-state index in [1.807, 2.05) is 24.3 Å². The van der Waals surface area contributed by atoms with Crippen LogP contribution in [0.15, 0.2) is 46.2 Å².